The molecule has 7 heteroatoms. The quantitative estimate of drug-likeness (QED) is 0.800. The van der Waals surface area contributed by atoms with Crippen LogP contribution in [0, 0.1) is 0 Å². The van der Waals surface area contributed by atoms with Crippen LogP contribution in [-0.4, -0.2) is 48.6 Å². The van der Waals surface area contributed by atoms with E-state index in [1.807, 2.05) is 33.9 Å². The lowest BCUT2D eigenvalue weighted by molar-refractivity contribution is 0.0700. The summed E-state index contributed by atoms with van der Waals surface area (Å²) in [6, 6.07) is 7.72. The van der Waals surface area contributed by atoms with E-state index < -0.39 is 0 Å². The lowest BCUT2D eigenvalue weighted by Gasteiger charge is -2.32. The zero-order valence-corrected chi connectivity index (χ0v) is 13.2. The van der Waals surface area contributed by atoms with Gasteiger partial charge in [0.25, 0.3) is 5.91 Å². The first kappa shape index (κ1) is 14.6. The number of piperidine rings is 1. The number of aromatic amines is 1. The maximum atomic E-state index is 12.5. The zero-order chi connectivity index (χ0) is 16.4. The standard InChI is InChI=1S/C17H18N6O/c24-17(15-6-7-19-21-15)22-9-2-3-13(11-22)14-4-1-5-16(20-14)23-10-8-18-12-23/h1,4-8,10,12-13H,2-3,9,11H2,(H,19,21)/t13-/m0/s1. The fourth-order valence-corrected chi connectivity index (χ4v) is 3.15. The van der Waals surface area contributed by atoms with E-state index in [0.717, 1.165) is 30.9 Å². The topological polar surface area (TPSA) is 79.7 Å². The second-order valence-electron chi connectivity index (χ2n) is 5.95. The van der Waals surface area contributed by atoms with Crippen molar-refractivity contribution in [1.29, 1.82) is 0 Å². The first-order valence-electron chi connectivity index (χ1n) is 8.05. The molecule has 1 aliphatic heterocycles. The lowest BCUT2D eigenvalue weighted by Crippen LogP contribution is -2.39. The van der Waals surface area contributed by atoms with Gasteiger partial charge in [-0.2, -0.15) is 5.10 Å². The SMILES string of the molecule is O=C(c1ccn[nH]1)N1CCC[C@H](c2cccc(-n3ccnc3)n2)C1. The maximum absolute atomic E-state index is 12.5. The van der Waals surface area contributed by atoms with E-state index >= 15 is 0 Å². The molecule has 0 saturated carbocycles. The van der Waals surface area contributed by atoms with Crippen LogP contribution < -0.4 is 0 Å². The van der Waals surface area contributed by atoms with Gasteiger partial charge in [-0.3, -0.25) is 14.5 Å². The van der Waals surface area contributed by atoms with Crippen LogP contribution in [0.1, 0.15) is 34.9 Å². The number of aromatic nitrogens is 5. The van der Waals surface area contributed by atoms with Gasteiger partial charge in [-0.05, 0) is 31.0 Å². The van der Waals surface area contributed by atoms with Gasteiger partial charge in [-0.25, -0.2) is 9.97 Å². The van der Waals surface area contributed by atoms with E-state index in [2.05, 4.69) is 15.2 Å². The van der Waals surface area contributed by atoms with Crippen molar-refractivity contribution in [3.63, 3.8) is 0 Å². The van der Waals surface area contributed by atoms with Gasteiger partial charge in [-0.15, -0.1) is 0 Å². The number of rotatable bonds is 3. The van der Waals surface area contributed by atoms with E-state index in [4.69, 9.17) is 4.98 Å². The molecule has 0 aromatic carbocycles. The van der Waals surface area contributed by atoms with Gasteiger partial charge in [0.2, 0.25) is 0 Å². The van der Waals surface area contributed by atoms with E-state index in [0.29, 0.717) is 12.2 Å². The van der Waals surface area contributed by atoms with Gasteiger partial charge < -0.3 is 4.90 Å². The van der Waals surface area contributed by atoms with Crippen molar-refractivity contribution in [2.75, 3.05) is 13.1 Å². The van der Waals surface area contributed by atoms with Gasteiger partial charge in [-0.1, -0.05) is 6.07 Å². The van der Waals surface area contributed by atoms with E-state index in [9.17, 15) is 4.79 Å². The predicted octanol–water partition coefficient (Wildman–Crippen LogP) is 2.01. The third-order valence-corrected chi connectivity index (χ3v) is 4.38. The Morgan fingerprint density at radius 1 is 1.25 bits per heavy atom. The normalized spacial score (nSPS) is 17.8. The van der Waals surface area contributed by atoms with Crippen LogP contribution in [0.5, 0.6) is 0 Å². The molecule has 3 aromatic rings. The number of likely N-dealkylation sites (tertiary alicyclic amines) is 1. The van der Waals surface area contributed by atoms with Crippen molar-refractivity contribution in [2.45, 2.75) is 18.8 Å². The Hall–Kier alpha value is -2.96. The molecule has 0 radical (unpaired) electrons. The molecule has 1 N–H and O–H groups in total. The molecule has 7 nitrogen and oxygen atoms in total. The Balaban J connectivity index is 1.54. The van der Waals surface area contributed by atoms with Crippen LogP contribution in [0.3, 0.4) is 0 Å². The molecular weight excluding hydrogens is 304 g/mol. The van der Waals surface area contributed by atoms with Gasteiger partial charge >= 0.3 is 0 Å². The summed E-state index contributed by atoms with van der Waals surface area (Å²) in [4.78, 5) is 23.2. The number of carbonyl (C=O) groups excluding carboxylic acids is 1. The van der Waals surface area contributed by atoms with E-state index in [1.165, 1.54) is 0 Å². The average Bonchev–Trinajstić information content (AvgIpc) is 3.35. The molecule has 1 amide bonds. The van der Waals surface area contributed by atoms with E-state index in [1.54, 1.807) is 24.8 Å². The number of imidazole rings is 1. The van der Waals surface area contributed by atoms with Gasteiger partial charge in [0.15, 0.2) is 0 Å². The van der Waals surface area contributed by atoms with Crippen LogP contribution in [0.2, 0.25) is 0 Å². The Kier molecular flexibility index (Phi) is 3.82. The lowest BCUT2D eigenvalue weighted by atomic mass is 9.94. The van der Waals surface area contributed by atoms with Crippen LogP contribution in [0.25, 0.3) is 5.82 Å². The molecule has 4 rings (SSSR count). The number of hydrogen-bond acceptors (Lipinski definition) is 4. The van der Waals surface area contributed by atoms with Crippen LogP contribution in [-0.2, 0) is 0 Å². The largest absolute Gasteiger partial charge is 0.337 e. The van der Waals surface area contributed by atoms with E-state index in [-0.39, 0.29) is 11.8 Å². The summed E-state index contributed by atoms with van der Waals surface area (Å²) < 4.78 is 1.89. The Labute approximate surface area is 139 Å². The molecule has 0 unspecified atom stereocenters. The number of carbonyl (C=O) groups is 1. The molecular formula is C17H18N6O. The van der Waals surface area contributed by atoms with Crippen molar-refractivity contribution in [3.8, 4) is 5.82 Å². The summed E-state index contributed by atoms with van der Waals surface area (Å²) in [5, 5.41) is 6.61. The number of H-pyrrole nitrogens is 1. The third-order valence-electron chi connectivity index (χ3n) is 4.38. The van der Waals surface area contributed by atoms with Crippen LogP contribution >= 0.6 is 0 Å². The molecule has 4 heterocycles. The summed E-state index contributed by atoms with van der Waals surface area (Å²) in [6.07, 6.45) is 8.96. The minimum atomic E-state index is 0.00274. The molecule has 24 heavy (non-hydrogen) atoms. The maximum Gasteiger partial charge on any atom is 0.271 e. The molecule has 0 spiro atoms. The minimum Gasteiger partial charge on any atom is -0.337 e. The summed E-state index contributed by atoms with van der Waals surface area (Å²) in [5.74, 6) is 1.10. The monoisotopic (exact) mass is 322 g/mol. The second kappa shape index (κ2) is 6.27. The van der Waals surface area contributed by atoms with Crippen LogP contribution in [0.4, 0.5) is 0 Å². The van der Waals surface area contributed by atoms with Crippen molar-refractivity contribution < 1.29 is 4.79 Å². The molecule has 1 fully saturated rings. The Bertz CT molecular complexity index is 811. The van der Waals surface area contributed by atoms with Gasteiger partial charge in [0.1, 0.15) is 17.8 Å². The van der Waals surface area contributed by atoms with Crippen molar-refractivity contribution in [3.05, 3.63) is 60.6 Å². The van der Waals surface area contributed by atoms with Crippen molar-refractivity contribution in [2.24, 2.45) is 0 Å². The molecule has 0 aliphatic carbocycles. The highest BCUT2D eigenvalue weighted by Gasteiger charge is 2.27. The first-order valence-corrected chi connectivity index (χ1v) is 8.05. The molecule has 1 saturated heterocycles. The highest BCUT2D eigenvalue weighted by molar-refractivity contribution is 5.92. The average molecular weight is 322 g/mol. The molecule has 3 aromatic heterocycles. The van der Waals surface area contributed by atoms with Gasteiger partial charge in [0, 0.05) is 43.3 Å². The number of hydrogen-bond donors (Lipinski definition) is 1. The fourth-order valence-electron chi connectivity index (χ4n) is 3.15. The van der Waals surface area contributed by atoms with Crippen molar-refractivity contribution >= 4 is 5.91 Å². The number of pyridine rings is 1. The number of amides is 1. The Morgan fingerprint density at radius 2 is 2.21 bits per heavy atom. The van der Waals surface area contributed by atoms with Crippen LogP contribution in [0.15, 0.2) is 49.2 Å². The fraction of sp³-hybridized carbons (Fsp3) is 0.294. The highest BCUT2D eigenvalue weighted by Crippen LogP contribution is 2.27. The Morgan fingerprint density at radius 3 is 3.00 bits per heavy atom. The first-order chi connectivity index (χ1) is 11.8. The van der Waals surface area contributed by atoms with Crippen molar-refractivity contribution in [1.82, 2.24) is 29.6 Å². The second-order valence-corrected chi connectivity index (χ2v) is 5.95. The molecule has 1 aliphatic rings. The summed E-state index contributed by atoms with van der Waals surface area (Å²) in [5.41, 5.74) is 1.55. The zero-order valence-electron chi connectivity index (χ0n) is 13.2. The smallest absolute Gasteiger partial charge is 0.271 e. The minimum absolute atomic E-state index is 0.00274. The molecule has 0 bridgehead atoms. The summed E-state index contributed by atoms with van der Waals surface area (Å²) in [7, 11) is 0. The predicted molar refractivity (Wildman–Crippen MR) is 87.8 cm³/mol. The summed E-state index contributed by atoms with van der Waals surface area (Å²) >= 11 is 0. The number of nitrogens with zero attached hydrogens (tertiary/aromatic N) is 5. The molecule has 1 atom stereocenters. The number of nitrogens with one attached hydrogen (secondary N) is 1. The highest BCUT2D eigenvalue weighted by atomic mass is 16.2. The molecule has 122 valence electrons. The summed E-state index contributed by atoms with van der Waals surface area (Å²) in [6.45, 7) is 1.45. The van der Waals surface area contributed by atoms with Gasteiger partial charge in [0.05, 0.1) is 0 Å². The third kappa shape index (κ3) is 2.80.